The minimum absolute atomic E-state index is 0.318. The summed E-state index contributed by atoms with van der Waals surface area (Å²) in [6.07, 6.45) is 0. The zero-order chi connectivity index (χ0) is 13.1. The number of hydrogen-bond donors (Lipinski definition) is 0. The number of benzene rings is 1. The Morgan fingerprint density at radius 2 is 1.89 bits per heavy atom. The number of ether oxygens (including phenoxy) is 3. The second-order valence-electron chi connectivity index (χ2n) is 3.74. The zero-order valence-electron chi connectivity index (χ0n) is 11.0. The lowest BCUT2D eigenvalue weighted by atomic mass is 10.1. The molecule has 1 aromatic carbocycles. The van der Waals surface area contributed by atoms with Crippen molar-refractivity contribution in [2.45, 2.75) is 13.8 Å². The first-order chi connectivity index (χ1) is 8.71. The van der Waals surface area contributed by atoms with Crippen LogP contribution in [0, 0.1) is 6.92 Å². The second kappa shape index (κ2) is 5.08. The van der Waals surface area contributed by atoms with Crippen molar-refractivity contribution >= 4 is 10.9 Å². The van der Waals surface area contributed by atoms with E-state index in [1.54, 1.807) is 14.2 Å². The second-order valence-corrected chi connectivity index (χ2v) is 3.74. The summed E-state index contributed by atoms with van der Waals surface area (Å²) in [5.74, 6) is 1.29. The Bertz CT molecular complexity index is 570. The quantitative estimate of drug-likeness (QED) is 0.831. The van der Waals surface area contributed by atoms with Crippen LogP contribution in [0.3, 0.4) is 0 Å². The highest BCUT2D eigenvalue weighted by molar-refractivity contribution is 5.88. The smallest absolute Gasteiger partial charge is 0.320 e. The summed E-state index contributed by atoms with van der Waals surface area (Å²) in [6.45, 7) is 4.35. The molecule has 5 nitrogen and oxygen atoms in total. The number of nitrogens with zero attached hydrogens (tertiary/aromatic N) is 2. The van der Waals surface area contributed by atoms with Crippen LogP contribution in [-0.4, -0.2) is 30.8 Å². The van der Waals surface area contributed by atoms with E-state index < -0.39 is 0 Å². The van der Waals surface area contributed by atoms with Crippen LogP contribution in [0.5, 0.6) is 17.6 Å². The van der Waals surface area contributed by atoms with E-state index >= 15 is 0 Å². The molecule has 0 radical (unpaired) electrons. The third-order valence-electron chi connectivity index (χ3n) is 2.70. The van der Waals surface area contributed by atoms with E-state index in [0.29, 0.717) is 18.5 Å². The summed E-state index contributed by atoms with van der Waals surface area (Å²) < 4.78 is 15.9. The van der Waals surface area contributed by atoms with Gasteiger partial charge in [0.05, 0.1) is 31.7 Å². The lowest BCUT2D eigenvalue weighted by Crippen LogP contribution is -2.01. The van der Waals surface area contributed by atoms with Crippen LogP contribution >= 0.6 is 0 Å². The van der Waals surface area contributed by atoms with Crippen LogP contribution in [0.15, 0.2) is 12.1 Å². The molecular formula is C13H16N2O3. The minimum atomic E-state index is 0.318. The third kappa shape index (κ3) is 2.03. The summed E-state index contributed by atoms with van der Waals surface area (Å²) in [6, 6.07) is 4.08. The number of aromatic nitrogens is 2. The maximum absolute atomic E-state index is 5.34. The van der Waals surface area contributed by atoms with Gasteiger partial charge < -0.3 is 14.2 Å². The van der Waals surface area contributed by atoms with Gasteiger partial charge in [0.2, 0.25) is 5.88 Å². The predicted octanol–water partition coefficient (Wildman–Crippen LogP) is 2.35. The molecule has 1 heterocycles. The molecule has 0 atom stereocenters. The number of fused-ring (bicyclic) bond motifs is 1. The highest BCUT2D eigenvalue weighted by Crippen LogP contribution is 2.31. The molecule has 0 aliphatic rings. The molecule has 0 saturated carbocycles. The van der Waals surface area contributed by atoms with Crippen LogP contribution in [0.1, 0.15) is 12.5 Å². The van der Waals surface area contributed by atoms with Crippen LogP contribution in [0.4, 0.5) is 0 Å². The fourth-order valence-corrected chi connectivity index (χ4v) is 1.84. The van der Waals surface area contributed by atoms with Crippen molar-refractivity contribution in [2.75, 3.05) is 20.8 Å². The van der Waals surface area contributed by atoms with Crippen molar-refractivity contribution in [2.24, 2.45) is 0 Å². The van der Waals surface area contributed by atoms with Gasteiger partial charge in [-0.3, -0.25) is 0 Å². The Labute approximate surface area is 106 Å². The van der Waals surface area contributed by atoms with Crippen LogP contribution in [0.25, 0.3) is 10.9 Å². The normalized spacial score (nSPS) is 10.4. The van der Waals surface area contributed by atoms with Gasteiger partial charge in [-0.1, -0.05) is 0 Å². The van der Waals surface area contributed by atoms with E-state index in [1.165, 1.54) is 0 Å². The van der Waals surface area contributed by atoms with Gasteiger partial charge in [-0.25, -0.2) is 0 Å². The molecule has 1 aromatic heterocycles. The molecule has 0 saturated heterocycles. The van der Waals surface area contributed by atoms with Gasteiger partial charge in [-0.15, -0.1) is 0 Å². The van der Waals surface area contributed by atoms with E-state index in [2.05, 4.69) is 9.97 Å². The van der Waals surface area contributed by atoms with Crippen molar-refractivity contribution in [1.29, 1.82) is 0 Å². The Kier molecular flexibility index (Phi) is 3.50. The van der Waals surface area contributed by atoms with Crippen molar-refractivity contribution in [3.63, 3.8) is 0 Å². The number of rotatable bonds is 4. The molecule has 2 aromatic rings. The molecule has 0 spiro atoms. The van der Waals surface area contributed by atoms with Gasteiger partial charge in [0.1, 0.15) is 5.75 Å². The minimum Gasteiger partial charge on any atom is -0.496 e. The first-order valence-corrected chi connectivity index (χ1v) is 5.73. The van der Waals surface area contributed by atoms with E-state index in [9.17, 15) is 0 Å². The highest BCUT2D eigenvalue weighted by atomic mass is 16.5. The van der Waals surface area contributed by atoms with Gasteiger partial charge in [0.15, 0.2) is 0 Å². The molecule has 18 heavy (non-hydrogen) atoms. The Balaban J connectivity index is 2.71. The van der Waals surface area contributed by atoms with Crippen molar-refractivity contribution < 1.29 is 14.2 Å². The van der Waals surface area contributed by atoms with E-state index in [1.807, 2.05) is 26.0 Å². The molecule has 0 N–H and O–H groups in total. The van der Waals surface area contributed by atoms with Gasteiger partial charge >= 0.3 is 6.01 Å². The molecule has 0 amide bonds. The van der Waals surface area contributed by atoms with Gasteiger partial charge in [-0.2, -0.15) is 9.97 Å². The zero-order valence-corrected chi connectivity index (χ0v) is 11.0. The first kappa shape index (κ1) is 12.4. The standard InChI is InChI=1S/C13H16N2O3/c1-5-18-13-14-11-8(2)10(16-3)7-6-9(11)12(15-13)17-4/h6-7H,5H2,1-4H3. The average Bonchev–Trinajstić information content (AvgIpc) is 2.39. The fraction of sp³-hybridized carbons (Fsp3) is 0.385. The molecule has 0 aliphatic carbocycles. The maximum atomic E-state index is 5.34. The summed E-state index contributed by atoms with van der Waals surface area (Å²) in [4.78, 5) is 8.60. The summed E-state index contributed by atoms with van der Waals surface area (Å²) in [7, 11) is 3.22. The fourth-order valence-electron chi connectivity index (χ4n) is 1.84. The number of methoxy groups -OCH3 is 2. The van der Waals surface area contributed by atoms with Crippen LogP contribution < -0.4 is 14.2 Å². The first-order valence-electron chi connectivity index (χ1n) is 5.73. The number of aryl methyl sites for hydroxylation is 1. The summed E-state index contributed by atoms with van der Waals surface area (Å²) in [5, 5.41) is 0.847. The van der Waals surface area contributed by atoms with Crippen molar-refractivity contribution in [1.82, 2.24) is 9.97 Å². The Morgan fingerprint density at radius 1 is 1.11 bits per heavy atom. The summed E-state index contributed by atoms with van der Waals surface area (Å²) in [5.41, 5.74) is 1.72. The lowest BCUT2D eigenvalue weighted by Gasteiger charge is -2.11. The molecule has 2 rings (SSSR count). The van der Waals surface area contributed by atoms with Gasteiger partial charge in [0, 0.05) is 5.56 Å². The van der Waals surface area contributed by atoms with Crippen molar-refractivity contribution in [3.05, 3.63) is 17.7 Å². The SMILES string of the molecule is CCOc1nc(OC)c2ccc(OC)c(C)c2n1. The predicted molar refractivity (Wildman–Crippen MR) is 68.5 cm³/mol. The van der Waals surface area contributed by atoms with Crippen molar-refractivity contribution in [3.8, 4) is 17.6 Å². The molecule has 5 heteroatoms. The largest absolute Gasteiger partial charge is 0.496 e. The Hall–Kier alpha value is -2.04. The van der Waals surface area contributed by atoms with E-state index in [-0.39, 0.29) is 0 Å². The molecule has 0 unspecified atom stereocenters. The Morgan fingerprint density at radius 3 is 2.50 bits per heavy atom. The molecule has 96 valence electrons. The van der Waals surface area contributed by atoms with E-state index in [0.717, 1.165) is 22.2 Å². The third-order valence-corrected chi connectivity index (χ3v) is 2.70. The van der Waals surface area contributed by atoms with Crippen LogP contribution in [-0.2, 0) is 0 Å². The lowest BCUT2D eigenvalue weighted by molar-refractivity contribution is 0.305. The molecule has 0 aliphatic heterocycles. The monoisotopic (exact) mass is 248 g/mol. The maximum Gasteiger partial charge on any atom is 0.320 e. The van der Waals surface area contributed by atoms with Crippen LogP contribution in [0.2, 0.25) is 0 Å². The molecule has 0 fully saturated rings. The van der Waals surface area contributed by atoms with Gasteiger partial charge in [-0.05, 0) is 26.0 Å². The average molecular weight is 248 g/mol. The van der Waals surface area contributed by atoms with Gasteiger partial charge in [0.25, 0.3) is 0 Å². The molecule has 0 bridgehead atoms. The number of hydrogen-bond acceptors (Lipinski definition) is 5. The highest BCUT2D eigenvalue weighted by Gasteiger charge is 2.13. The molecular weight excluding hydrogens is 232 g/mol. The van der Waals surface area contributed by atoms with E-state index in [4.69, 9.17) is 14.2 Å². The summed E-state index contributed by atoms with van der Waals surface area (Å²) >= 11 is 0. The topological polar surface area (TPSA) is 53.5 Å².